The quantitative estimate of drug-likeness (QED) is 0.616. The van der Waals surface area contributed by atoms with Gasteiger partial charge in [-0.1, -0.05) is 19.8 Å². The highest BCUT2D eigenvalue weighted by molar-refractivity contribution is 5.85. The lowest BCUT2D eigenvalue weighted by atomic mass is 9.80. The zero-order valence-corrected chi connectivity index (χ0v) is 7.88. The standard InChI is InChI=1S/C11H18O/c1-8-2-4-9(5-3-8)11(12)10-6-7-10/h8-10H,2-7H2,1H3. The monoisotopic (exact) mass is 166 g/mol. The highest BCUT2D eigenvalue weighted by Crippen LogP contribution is 2.38. The average molecular weight is 166 g/mol. The second-order valence-electron chi connectivity index (χ2n) is 4.63. The summed E-state index contributed by atoms with van der Waals surface area (Å²) in [5, 5.41) is 0. The van der Waals surface area contributed by atoms with Crippen LogP contribution in [-0.4, -0.2) is 5.78 Å². The molecule has 0 unspecified atom stereocenters. The van der Waals surface area contributed by atoms with Gasteiger partial charge >= 0.3 is 0 Å². The highest BCUT2D eigenvalue weighted by atomic mass is 16.1. The second-order valence-corrected chi connectivity index (χ2v) is 4.63. The third kappa shape index (κ3) is 1.70. The summed E-state index contributed by atoms with van der Waals surface area (Å²) in [5.74, 6) is 2.41. The molecule has 1 heteroatoms. The van der Waals surface area contributed by atoms with Gasteiger partial charge in [-0.15, -0.1) is 0 Å². The summed E-state index contributed by atoms with van der Waals surface area (Å²) in [4.78, 5) is 11.7. The summed E-state index contributed by atoms with van der Waals surface area (Å²) in [6.07, 6.45) is 7.29. The third-order valence-electron chi connectivity index (χ3n) is 3.40. The summed E-state index contributed by atoms with van der Waals surface area (Å²) in [6.45, 7) is 2.30. The van der Waals surface area contributed by atoms with Gasteiger partial charge in [-0.05, 0) is 31.6 Å². The van der Waals surface area contributed by atoms with Crippen LogP contribution in [0.4, 0.5) is 0 Å². The molecule has 12 heavy (non-hydrogen) atoms. The van der Waals surface area contributed by atoms with E-state index in [9.17, 15) is 4.79 Å². The maximum absolute atomic E-state index is 11.7. The number of carbonyl (C=O) groups is 1. The lowest BCUT2D eigenvalue weighted by molar-refractivity contribution is -0.125. The number of rotatable bonds is 2. The maximum atomic E-state index is 11.7. The van der Waals surface area contributed by atoms with Crippen molar-refractivity contribution >= 4 is 5.78 Å². The Morgan fingerprint density at radius 3 is 1.75 bits per heavy atom. The van der Waals surface area contributed by atoms with Gasteiger partial charge in [0, 0.05) is 11.8 Å². The molecule has 68 valence electrons. The first kappa shape index (κ1) is 8.28. The SMILES string of the molecule is CC1CCC(C(=O)C2CC2)CC1. The van der Waals surface area contributed by atoms with E-state index in [4.69, 9.17) is 0 Å². The molecule has 2 fully saturated rings. The lowest BCUT2D eigenvalue weighted by Gasteiger charge is -2.24. The molecular formula is C11H18O. The zero-order valence-electron chi connectivity index (χ0n) is 7.88. The van der Waals surface area contributed by atoms with Gasteiger partial charge in [-0.3, -0.25) is 4.79 Å². The van der Waals surface area contributed by atoms with E-state index in [1.54, 1.807) is 0 Å². The first-order chi connectivity index (χ1) is 5.77. The van der Waals surface area contributed by atoms with Gasteiger partial charge in [0.2, 0.25) is 0 Å². The van der Waals surface area contributed by atoms with E-state index in [1.165, 1.54) is 38.5 Å². The van der Waals surface area contributed by atoms with Gasteiger partial charge in [0.25, 0.3) is 0 Å². The Bertz CT molecular complexity index is 173. The Labute approximate surface area is 74.5 Å². The van der Waals surface area contributed by atoms with E-state index in [1.807, 2.05) is 0 Å². The molecule has 2 rings (SSSR count). The van der Waals surface area contributed by atoms with Crippen molar-refractivity contribution in [3.63, 3.8) is 0 Å². The fourth-order valence-corrected chi connectivity index (χ4v) is 2.25. The molecule has 0 saturated heterocycles. The molecule has 0 N–H and O–H groups in total. The van der Waals surface area contributed by atoms with Gasteiger partial charge in [0.05, 0.1) is 0 Å². The fourth-order valence-electron chi connectivity index (χ4n) is 2.25. The molecule has 0 radical (unpaired) electrons. The zero-order chi connectivity index (χ0) is 8.55. The summed E-state index contributed by atoms with van der Waals surface area (Å²) >= 11 is 0. The van der Waals surface area contributed by atoms with Crippen molar-refractivity contribution in [1.29, 1.82) is 0 Å². The number of ketones is 1. The third-order valence-corrected chi connectivity index (χ3v) is 3.40. The van der Waals surface area contributed by atoms with Crippen LogP contribution in [0.2, 0.25) is 0 Å². The van der Waals surface area contributed by atoms with Crippen LogP contribution in [0, 0.1) is 17.8 Å². The fraction of sp³-hybridized carbons (Fsp3) is 0.909. The molecular weight excluding hydrogens is 148 g/mol. The first-order valence-corrected chi connectivity index (χ1v) is 5.31. The van der Waals surface area contributed by atoms with Crippen LogP contribution in [0.1, 0.15) is 45.4 Å². The number of Topliss-reactive ketones (excluding diaryl/α,β-unsaturated/α-hetero) is 1. The van der Waals surface area contributed by atoms with Crippen LogP contribution in [0.5, 0.6) is 0 Å². The van der Waals surface area contributed by atoms with Gasteiger partial charge in [0.15, 0.2) is 0 Å². The maximum Gasteiger partial charge on any atom is 0.139 e. The van der Waals surface area contributed by atoms with Crippen LogP contribution in [0.25, 0.3) is 0 Å². The number of hydrogen-bond acceptors (Lipinski definition) is 1. The smallest absolute Gasteiger partial charge is 0.139 e. The van der Waals surface area contributed by atoms with Crippen LogP contribution >= 0.6 is 0 Å². The minimum Gasteiger partial charge on any atom is -0.299 e. The second kappa shape index (κ2) is 3.20. The highest BCUT2D eigenvalue weighted by Gasteiger charge is 2.35. The van der Waals surface area contributed by atoms with E-state index in [0.717, 1.165) is 5.92 Å². The topological polar surface area (TPSA) is 17.1 Å². The Morgan fingerprint density at radius 1 is 0.917 bits per heavy atom. The molecule has 0 aliphatic heterocycles. The average Bonchev–Trinajstić information content (AvgIpc) is 2.87. The minimum absolute atomic E-state index is 0.452. The Kier molecular flexibility index (Phi) is 2.20. The van der Waals surface area contributed by atoms with Crippen LogP contribution < -0.4 is 0 Å². The Hall–Kier alpha value is -0.330. The van der Waals surface area contributed by atoms with Gasteiger partial charge in [-0.2, -0.15) is 0 Å². The van der Waals surface area contributed by atoms with Crippen molar-refractivity contribution in [3.05, 3.63) is 0 Å². The van der Waals surface area contributed by atoms with Crippen LogP contribution in [0.3, 0.4) is 0 Å². The lowest BCUT2D eigenvalue weighted by Crippen LogP contribution is -2.21. The van der Waals surface area contributed by atoms with E-state index < -0.39 is 0 Å². The van der Waals surface area contributed by atoms with Crippen molar-refractivity contribution in [2.24, 2.45) is 17.8 Å². The van der Waals surface area contributed by atoms with E-state index in [0.29, 0.717) is 17.6 Å². The largest absolute Gasteiger partial charge is 0.299 e. The molecule has 2 aliphatic rings. The normalized spacial score (nSPS) is 36.4. The number of carbonyl (C=O) groups excluding carboxylic acids is 1. The summed E-state index contributed by atoms with van der Waals surface area (Å²) in [6, 6.07) is 0. The van der Waals surface area contributed by atoms with Crippen molar-refractivity contribution in [3.8, 4) is 0 Å². The number of hydrogen-bond donors (Lipinski definition) is 0. The molecule has 0 aromatic rings. The van der Waals surface area contributed by atoms with Crippen LogP contribution in [0.15, 0.2) is 0 Å². The first-order valence-electron chi connectivity index (χ1n) is 5.31. The minimum atomic E-state index is 0.452. The summed E-state index contributed by atoms with van der Waals surface area (Å²) < 4.78 is 0. The van der Waals surface area contributed by atoms with E-state index >= 15 is 0 Å². The Morgan fingerprint density at radius 2 is 1.33 bits per heavy atom. The van der Waals surface area contributed by atoms with Crippen molar-refractivity contribution in [2.75, 3.05) is 0 Å². The van der Waals surface area contributed by atoms with Crippen molar-refractivity contribution in [1.82, 2.24) is 0 Å². The molecule has 0 aromatic heterocycles. The predicted octanol–water partition coefficient (Wildman–Crippen LogP) is 2.79. The molecule has 0 atom stereocenters. The molecule has 0 heterocycles. The molecule has 2 saturated carbocycles. The Balaban J connectivity index is 1.84. The molecule has 0 bridgehead atoms. The van der Waals surface area contributed by atoms with Crippen LogP contribution in [-0.2, 0) is 4.79 Å². The van der Waals surface area contributed by atoms with Gasteiger partial charge < -0.3 is 0 Å². The molecule has 0 aromatic carbocycles. The van der Waals surface area contributed by atoms with Gasteiger partial charge in [-0.25, -0.2) is 0 Å². The summed E-state index contributed by atoms with van der Waals surface area (Å²) in [5.41, 5.74) is 0. The van der Waals surface area contributed by atoms with Crippen molar-refractivity contribution < 1.29 is 4.79 Å². The van der Waals surface area contributed by atoms with Gasteiger partial charge in [0.1, 0.15) is 5.78 Å². The van der Waals surface area contributed by atoms with Crippen molar-refractivity contribution in [2.45, 2.75) is 45.4 Å². The summed E-state index contributed by atoms with van der Waals surface area (Å²) in [7, 11) is 0. The molecule has 0 spiro atoms. The van der Waals surface area contributed by atoms with E-state index in [2.05, 4.69) is 6.92 Å². The van der Waals surface area contributed by atoms with E-state index in [-0.39, 0.29) is 0 Å². The predicted molar refractivity (Wildman–Crippen MR) is 48.9 cm³/mol. The molecule has 0 amide bonds. The molecule has 2 aliphatic carbocycles. The molecule has 1 nitrogen and oxygen atoms in total.